The summed E-state index contributed by atoms with van der Waals surface area (Å²) in [5, 5.41) is 14.3. The number of nitrogens with zero attached hydrogens (tertiary/aromatic N) is 4. The molecular formula is C24H30N6O2. The Kier molecular flexibility index (Phi) is 6.50. The summed E-state index contributed by atoms with van der Waals surface area (Å²) in [4.78, 5) is 26.8. The second-order valence-corrected chi connectivity index (χ2v) is 8.64. The highest BCUT2D eigenvalue weighted by Gasteiger charge is 2.25. The number of fused-ring (bicyclic) bond motifs is 1. The maximum absolute atomic E-state index is 12.4. The molecule has 8 heteroatoms. The van der Waals surface area contributed by atoms with Crippen LogP contribution in [0.15, 0.2) is 36.5 Å². The van der Waals surface area contributed by atoms with E-state index in [4.69, 9.17) is 0 Å². The quantitative estimate of drug-likeness (QED) is 0.622. The average molecular weight is 435 g/mol. The SMILES string of the molecule is Cc1cc(C)c(NC(=O)CNC(=O)CN2CCC(c3nnc4ccccn34)CC2)c(C)c1. The fraction of sp³-hybridized carbons (Fsp3) is 0.417. The van der Waals surface area contributed by atoms with Crippen molar-refractivity contribution < 1.29 is 9.59 Å². The van der Waals surface area contributed by atoms with Crippen LogP contribution in [0.2, 0.25) is 0 Å². The average Bonchev–Trinajstić information content (AvgIpc) is 3.19. The molecule has 1 aliphatic rings. The third-order valence-corrected chi connectivity index (χ3v) is 6.05. The first-order valence-corrected chi connectivity index (χ1v) is 11.1. The standard InChI is InChI=1S/C24H30N6O2/c1-16-12-17(2)23(18(3)13-16)26-21(31)14-25-22(32)15-29-10-7-19(8-11-29)24-28-27-20-6-4-5-9-30(20)24/h4-6,9,12-13,19H,7-8,10-11,14-15H2,1-3H3,(H,25,32)(H,26,31). The van der Waals surface area contributed by atoms with Crippen LogP contribution in [-0.4, -0.2) is 57.5 Å². The molecule has 0 spiro atoms. The van der Waals surface area contributed by atoms with E-state index in [9.17, 15) is 9.59 Å². The van der Waals surface area contributed by atoms with Crippen molar-refractivity contribution in [2.45, 2.75) is 39.5 Å². The second kappa shape index (κ2) is 9.48. The van der Waals surface area contributed by atoms with E-state index >= 15 is 0 Å². The molecule has 3 aromatic rings. The van der Waals surface area contributed by atoms with Crippen LogP contribution in [0.3, 0.4) is 0 Å². The lowest BCUT2D eigenvalue weighted by molar-refractivity contribution is -0.125. The van der Waals surface area contributed by atoms with Gasteiger partial charge in [0.05, 0.1) is 13.1 Å². The Morgan fingerprint density at radius 3 is 2.47 bits per heavy atom. The predicted octanol–water partition coefficient (Wildman–Crippen LogP) is 2.59. The molecule has 168 valence electrons. The van der Waals surface area contributed by atoms with Crippen LogP contribution in [0, 0.1) is 20.8 Å². The number of piperidine rings is 1. The number of aromatic nitrogens is 3. The van der Waals surface area contributed by atoms with Crippen molar-refractivity contribution >= 4 is 23.1 Å². The number of rotatable bonds is 6. The molecule has 8 nitrogen and oxygen atoms in total. The Labute approximate surface area is 188 Å². The Hall–Kier alpha value is -3.26. The zero-order chi connectivity index (χ0) is 22.7. The number of nitrogens with one attached hydrogen (secondary N) is 2. The predicted molar refractivity (Wildman–Crippen MR) is 124 cm³/mol. The molecule has 3 heterocycles. The number of hydrogen-bond donors (Lipinski definition) is 2. The Morgan fingerprint density at radius 1 is 1.03 bits per heavy atom. The lowest BCUT2D eigenvalue weighted by Crippen LogP contribution is -2.43. The summed E-state index contributed by atoms with van der Waals surface area (Å²) in [5.74, 6) is 0.969. The highest BCUT2D eigenvalue weighted by Crippen LogP contribution is 2.27. The van der Waals surface area contributed by atoms with Gasteiger partial charge in [0.1, 0.15) is 5.82 Å². The monoisotopic (exact) mass is 434 g/mol. The fourth-order valence-corrected chi connectivity index (χ4v) is 4.49. The summed E-state index contributed by atoms with van der Waals surface area (Å²) in [6.07, 6.45) is 3.85. The van der Waals surface area contributed by atoms with Gasteiger partial charge in [-0.1, -0.05) is 23.8 Å². The van der Waals surface area contributed by atoms with Crippen molar-refractivity contribution in [3.05, 3.63) is 59.0 Å². The van der Waals surface area contributed by atoms with Gasteiger partial charge >= 0.3 is 0 Å². The Morgan fingerprint density at radius 2 is 1.75 bits per heavy atom. The topological polar surface area (TPSA) is 91.6 Å². The molecule has 2 amide bonds. The largest absolute Gasteiger partial charge is 0.346 e. The van der Waals surface area contributed by atoms with Gasteiger partial charge in [-0.2, -0.15) is 0 Å². The van der Waals surface area contributed by atoms with Crippen molar-refractivity contribution in [2.75, 3.05) is 31.5 Å². The number of aryl methyl sites for hydroxylation is 3. The van der Waals surface area contributed by atoms with E-state index in [-0.39, 0.29) is 18.4 Å². The third kappa shape index (κ3) is 4.96. The number of carbonyl (C=O) groups excluding carboxylic acids is 2. The highest BCUT2D eigenvalue weighted by molar-refractivity contribution is 5.96. The molecule has 4 rings (SSSR count). The van der Waals surface area contributed by atoms with E-state index in [1.165, 1.54) is 0 Å². The van der Waals surface area contributed by atoms with Crippen LogP contribution in [0.1, 0.15) is 41.3 Å². The van der Waals surface area contributed by atoms with E-state index in [1.54, 1.807) is 0 Å². The number of hydrogen-bond acceptors (Lipinski definition) is 5. The van der Waals surface area contributed by atoms with Gasteiger partial charge in [0.2, 0.25) is 11.8 Å². The number of anilines is 1. The maximum atomic E-state index is 12.4. The molecule has 0 bridgehead atoms. The molecule has 0 unspecified atom stereocenters. The summed E-state index contributed by atoms with van der Waals surface area (Å²) in [6, 6.07) is 9.96. The summed E-state index contributed by atoms with van der Waals surface area (Å²) in [6.45, 7) is 7.86. The minimum Gasteiger partial charge on any atom is -0.346 e. The summed E-state index contributed by atoms with van der Waals surface area (Å²) < 4.78 is 2.04. The molecule has 0 atom stereocenters. The Bertz CT molecular complexity index is 1110. The number of pyridine rings is 1. The maximum Gasteiger partial charge on any atom is 0.243 e. The first kappa shape index (κ1) is 22.0. The van der Waals surface area contributed by atoms with Crippen molar-refractivity contribution in [2.24, 2.45) is 0 Å². The molecule has 2 aromatic heterocycles. The highest BCUT2D eigenvalue weighted by atomic mass is 16.2. The van der Waals surface area contributed by atoms with Gasteiger partial charge in [-0.15, -0.1) is 10.2 Å². The van der Waals surface area contributed by atoms with E-state index in [1.807, 2.05) is 61.7 Å². The van der Waals surface area contributed by atoms with Gasteiger partial charge in [0.25, 0.3) is 0 Å². The summed E-state index contributed by atoms with van der Waals surface area (Å²) in [7, 11) is 0. The van der Waals surface area contributed by atoms with Gasteiger partial charge in [-0.25, -0.2) is 0 Å². The molecule has 0 saturated carbocycles. The van der Waals surface area contributed by atoms with Crippen molar-refractivity contribution in [3.8, 4) is 0 Å². The molecule has 32 heavy (non-hydrogen) atoms. The van der Waals surface area contributed by atoms with Crippen LogP contribution < -0.4 is 10.6 Å². The molecule has 1 aliphatic heterocycles. The lowest BCUT2D eigenvalue weighted by Gasteiger charge is -2.30. The summed E-state index contributed by atoms with van der Waals surface area (Å²) in [5.41, 5.74) is 4.87. The van der Waals surface area contributed by atoms with E-state index in [0.717, 1.165) is 59.8 Å². The zero-order valence-electron chi connectivity index (χ0n) is 18.9. The van der Waals surface area contributed by atoms with Gasteiger partial charge in [-0.3, -0.25) is 18.9 Å². The molecule has 2 N–H and O–H groups in total. The Balaban J connectivity index is 1.23. The first-order chi connectivity index (χ1) is 15.4. The number of likely N-dealkylation sites (tertiary alicyclic amines) is 1. The normalized spacial score (nSPS) is 15.1. The summed E-state index contributed by atoms with van der Waals surface area (Å²) >= 11 is 0. The number of amides is 2. The molecule has 1 saturated heterocycles. The van der Waals surface area contributed by atoms with Gasteiger partial charge in [-0.05, 0) is 70.0 Å². The van der Waals surface area contributed by atoms with Crippen LogP contribution in [0.4, 0.5) is 5.69 Å². The third-order valence-electron chi connectivity index (χ3n) is 6.05. The van der Waals surface area contributed by atoms with Crippen LogP contribution in [-0.2, 0) is 9.59 Å². The number of carbonyl (C=O) groups is 2. The minimum absolute atomic E-state index is 0.0339. The van der Waals surface area contributed by atoms with Crippen LogP contribution >= 0.6 is 0 Å². The number of benzene rings is 1. The van der Waals surface area contributed by atoms with Crippen molar-refractivity contribution in [1.29, 1.82) is 0 Å². The van der Waals surface area contributed by atoms with Crippen LogP contribution in [0.25, 0.3) is 5.65 Å². The van der Waals surface area contributed by atoms with Gasteiger partial charge in [0, 0.05) is 17.8 Å². The molecule has 0 radical (unpaired) electrons. The lowest BCUT2D eigenvalue weighted by atomic mass is 9.96. The zero-order valence-corrected chi connectivity index (χ0v) is 18.9. The molecular weight excluding hydrogens is 404 g/mol. The minimum atomic E-state index is -0.217. The molecule has 1 aromatic carbocycles. The van der Waals surface area contributed by atoms with Gasteiger partial charge < -0.3 is 10.6 Å². The second-order valence-electron chi connectivity index (χ2n) is 8.64. The van der Waals surface area contributed by atoms with E-state index < -0.39 is 0 Å². The van der Waals surface area contributed by atoms with Crippen molar-refractivity contribution in [1.82, 2.24) is 24.8 Å². The van der Waals surface area contributed by atoms with E-state index in [0.29, 0.717) is 12.5 Å². The fourth-order valence-electron chi connectivity index (χ4n) is 4.49. The van der Waals surface area contributed by atoms with Crippen LogP contribution in [0.5, 0.6) is 0 Å². The van der Waals surface area contributed by atoms with Gasteiger partial charge in [0.15, 0.2) is 5.65 Å². The smallest absolute Gasteiger partial charge is 0.243 e. The molecule has 1 fully saturated rings. The van der Waals surface area contributed by atoms with E-state index in [2.05, 4.69) is 25.7 Å². The molecule has 0 aliphatic carbocycles. The first-order valence-electron chi connectivity index (χ1n) is 11.1. The van der Waals surface area contributed by atoms with Crippen molar-refractivity contribution in [3.63, 3.8) is 0 Å².